The fourth-order valence-electron chi connectivity index (χ4n) is 6.59. The Hall–Kier alpha value is -5.97. The third-order valence-electron chi connectivity index (χ3n) is 9.10. The first-order chi connectivity index (χ1) is 24.4. The van der Waals surface area contributed by atoms with Gasteiger partial charge >= 0.3 is 0 Å². The summed E-state index contributed by atoms with van der Waals surface area (Å²) in [5, 5.41) is 13.4. The predicted octanol–water partition coefficient (Wildman–Crippen LogP) is 12.5. The van der Waals surface area contributed by atoms with Gasteiger partial charge in [-0.15, -0.1) is 11.3 Å². The van der Waals surface area contributed by atoms with Crippen molar-refractivity contribution in [2.24, 2.45) is 7.05 Å². The molecule has 0 atom stereocenters. The summed E-state index contributed by atoms with van der Waals surface area (Å²) in [5.74, 6) is 0. The summed E-state index contributed by atoms with van der Waals surface area (Å²) >= 11 is 1.87. The lowest BCUT2D eigenvalue weighted by Crippen LogP contribution is -2.01. The quantitative estimate of drug-likeness (QED) is 0.143. The van der Waals surface area contributed by atoms with Gasteiger partial charge in [-0.3, -0.25) is 5.41 Å². The molecule has 9 rings (SSSR count). The number of fused-ring (bicyclic) bond motifs is 7. The topological polar surface area (TPSA) is 54.8 Å². The monoisotopic (exact) mass is 665 g/mol. The van der Waals surface area contributed by atoms with Gasteiger partial charge in [-0.2, -0.15) is 0 Å². The van der Waals surface area contributed by atoms with Gasteiger partial charge in [0.15, 0.2) is 0 Å². The Morgan fingerprint density at radius 2 is 1.28 bits per heavy atom. The maximum Gasteiger partial charge on any atom is 0.0711 e. The van der Waals surface area contributed by atoms with Crippen molar-refractivity contribution in [1.82, 2.24) is 4.57 Å². The molecule has 0 saturated heterocycles. The molecule has 3 N–H and O–H groups in total. The average molecular weight is 666 g/mol. The van der Waals surface area contributed by atoms with Gasteiger partial charge in [0, 0.05) is 65.8 Å². The molecule has 244 valence electrons. The van der Waals surface area contributed by atoms with E-state index in [1.807, 2.05) is 103 Å². The third kappa shape index (κ3) is 6.41. The third-order valence-corrected chi connectivity index (χ3v) is 10.2. The molecular formula is C46H39N3S. The number of hydrogen-bond donors (Lipinski definition) is 2. The van der Waals surface area contributed by atoms with E-state index in [0.717, 1.165) is 16.7 Å². The summed E-state index contributed by atoms with van der Waals surface area (Å²) in [7, 11) is 2.16. The number of aryl methyl sites for hydroxylation is 2. The van der Waals surface area contributed by atoms with Gasteiger partial charge in [-0.25, -0.2) is 0 Å². The summed E-state index contributed by atoms with van der Waals surface area (Å²) in [6.45, 7) is 4.13. The highest BCUT2D eigenvalue weighted by molar-refractivity contribution is 7.25. The van der Waals surface area contributed by atoms with E-state index in [1.165, 1.54) is 58.7 Å². The molecule has 8 aromatic rings. The van der Waals surface area contributed by atoms with E-state index >= 15 is 0 Å². The van der Waals surface area contributed by atoms with E-state index in [-0.39, 0.29) is 0 Å². The van der Waals surface area contributed by atoms with Gasteiger partial charge in [0.05, 0.1) is 5.71 Å². The predicted molar refractivity (Wildman–Crippen MR) is 220 cm³/mol. The van der Waals surface area contributed by atoms with Gasteiger partial charge in [-0.05, 0) is 85.1 Å². The van der Waals surface area contributed by atoms with E-state index < -0.39 is 0 Å². The molecule has 2 heterocycles. The van der Waals surface area contributed by atoms with E-state index in [9.17, 15) is 0 Å². The molecule has 0 saturated carbocycles. The second kappa shape index (κ2) is 14.3. The van der Waals surface area contributed by atoms with E-state index in [0.29, 0.717) is 11.4 Å². The Morgan fingerprint density at radius 3 is 2.00 bits per heavy atom. The number of rotatable bonds is 3. The summed E-state index contributed by atoms with van der Waals surface area (Å²) in [6, 6.07) is 46.9. The van der Waals surface area contributed by atoms with Crippen LogP contribution in [0.4, 0.5) is 5.69 Å². The first-order valence-corrected chi connectivity index (χ1v) is 17.6. The second-order valence-corrected chi connectivity index (χ2v) is 13.5. The maximum atomic E-state index is 8.04. The van der Waals surface area contributed by atoms with Crippen LogP contribution in [0.5, 0.6) is 0 Å². The molecule has 0 spiro atoms. The van der Waals surface area contributed by atoms with Crippen LogP contribution in [0.2, 0.25) is 0 Å². The van der Waals surface area contributed by atoms with Crippen molar-refractivity contribution in [1.29, 1.82) is 5.41 Å². The number of anilines is 1. The van der Waals surface area contributed by atoms with Crippen molar-refractivity contribution in [2.45, 2.75) is 13.8 Å². The fourth-order valence-corrected chi connectivity index (χ4v) is 7.67. The van der Waals surface area contributed by atoms with Crippen LogP contribution in [-0.2, 0) is 7.05 Å². The fraction of sp³-hybridized carbons (Fsp3) is 0.0652. The molecule has 0 unspecified atom stereocenters. The van der Waals surface area contributed by atoms with Gasteiger partial charge < -0.3 is 10.3 Å². The SMILES string of the molecule is C/C=C\C=C/C1=Cc2cccc(N)c2C1=N.Cc1ccc2c(c1)c1cc(-c3ccc4sc5ccccc5c4c3)ccc1n2C.c1ccccc1. The molecule has 1 aliphatic carbocycles. The zero-order chi connectivity index (χ0) is 34.6. The van der Waals surface area contributed by atoms with Gasteiger partial charge in [-0.1, -0.05) is 115 Å². The van der Waals surface area contributed by atoms with Gasteiger partial charge in [0.2, 0.25) is 0 Å². The summed E-state index contributed by atoms with van der Waals surface area (Å²) in [4.78, 5) is 0. The molecule has 0 aliphatic heterocycles. The summed E-state index contributed by atoms with van der Waals surface area (Å²) < 4.78 is 5.00. The van der Waals surface area contributed by atoms with Crippen molar-refractivity contribution in [2.75, 3.05) is 5.73 Å². The molecule has 0 fully saturated rings. The number of thiophene rings is 1. The van der Waals surface area contributed by atoms with E-state index in [1.54, 1.807) is 0 Å². The number of nitrogens with one attached hydrogen (secondary N) is 1. The Kier molecular flexibility index (Phi) is 9.28. The molecular weight excluding hydrogens is 627 g/mol. The molecule has 0 bridgehead atoms. The number of nitrogen functional groups attached to an aromatic ring is 1. The number of nitrogens with zero attached hydrogens (tertiary/aromatic N) is 1. The standard InChI is InChI=1S/C26H19NS.C14H14N2.C6H6/c1-16-7-10-23-20(13-16)21-14-17(8-11-24(21)27(23)2)18-9-12-26-22(15-18)19-5-3-4-6-25(19)28-26;1-2-3-4-6-11-9-10-7-5-8-12(15)13(10)14(11)16;1-2-4-6-5-3-1/h3-15H,1-2H3;2-9,16H,15H2,1H3;1-6H/b;3-2-,6-4-,16-14?;. The van der Waals surface area contributed by atoms with Crippen molar-refractivity contribution in [3.63, 3.8) is 0 Å². The van der Waals surface area contributed by atoms with Crippen molar-refractivity contribution in [3.8, 4) is 11.1 Å². The molecule has 0 radical (unpaired) electrons. The zero-order valence-corrected chi connectivity index (χ0v) is 29.3. The van der Waals surface area contributed by atoms with Crippen LogP contribution in [0.15, 0.2) is 163 Å². The van der Waals surface area contributed by atoms with Crippen molar-refractivity contribution >= 4 is 70.8 Å². The number of aromatic nitrogens is 1. The van der Waals surface area contributed by atoms with E-state index in [2.05, 4.69) is 97.4 Å². The first kappa shape index (κ1) is 32.6. The van der Waals surface area contributed by atoms with Crippen LogP contribution in [-0.4, -0.2) is 10.3 Å². The number of hydrogen-bond acceptors (Lipinski definition) is 3. The smallest absolute Gasteiger partial charge is 0.0711 e. The van der Waals surface area contributed by atoms with Crippen LogP contribution in [0.1, 0.15) is 23.6 Å². The number of allylic oxidation sites excluding steroid dienone is 5. The largest absolute Gasteiger partial charge is 0.398 e. The summed E-state index contributed by atoms with van der Waals surface area (Å²) in [5.41, 5.74) is 16.3. The average Bonchev–Trinajstić information content (AvgIpc) is 3.78. The Morgan fingerprint density at radius 1 is 0.640 bits per heavy atom. The normalized spacial score (nSPS) is 12.4. The maximum absolute atomic E-state index is 8.04. The van der Waals surface area contributed by atoms with Crippen LogP contribution < -0.4 is 5.73 Å². The highest BCUT2D eigenvalue weighted by Crippen LogP contribution is 2.38. The lowest BCUT2D eigenvalue weighted by Gasteiger charge is -2.04. The highest BCUT2D eigenvalue weighted by Gasteiger charge is 2.19. The minimum Gasteiger partial charge on any atom is -0.398 e. The summed E-state index contributed by atoms with van der Waals surface area (Å²) in [6.07, 6.45) is 9.76. The van der Waals surface area contributed by atoms with Gasteiger partial charge in [0.25, 0.3) is 0 Å². The highest BCUT2D eigenvalue weighted by atomic mass is 32.1. The number of benzene rings is 6. The van der Waals surface area contributed by atoms with E-state index in [4.69, 9.17) is 11.1 Å². The second-order valence-electron chi connectivity index (χ2n) is 12.4. The van der Waals surface area contributed by atoms with Crippen LogP contribution in [0.3, 0.4) is 0 Å². The Bertz CT molecular complexity index is 2570. The van der Waals surface area contributed by atoms with Crippen molar-refractivity contribution < 1.29 is 0 Å². The minimum atomic E-state index is 0.508. The lowest BCUT2D eigenvalue weighted by molar-refractivity contribution is 1.01. The minimum absolute atomic E-state index is 0.508. The van der Waals surface area contributed by atoms with Crippen LogP contribution in [0, 0.1) is 12.3 Å². The molecule has 2 aromatic heterocycles. The zero-order valence-electron chi connectivity index (χ0n) is 28.5. The number of nitrogens with two attached hydrogens (primary N) is 1. The van der Waals surface area contributed by atoms with Crippen LogP contribution >= 0.6 is 11.3 Å². The molecule has 4 heteroatoms. The molecule has 0 amide bonds. The molecule has 1 aliphatic rings. The molecule has 50 heavy (non-hydrogen) atoms. The van der Waals surface area contributed by atoms with Crippen molar-refractivity contribution in [3.05, 3.63) is 180 Å². The van der Waals surface area contributed by atoms with Gasteiger partial charge in [0.1, 0.15) is 0 Å². The first-order valence-electron chi connectivity index (χ1n) is 16.8. The molecule has 6 aromatic carbocycles. The lowest BCUT2D eigenvalue weighted by atomic mass is 10.0. The van der Waals surface area contributed by atoms with Crippen LogP contribution in [0.25, 0.3) is 59.2 Å². The molecule has 3 nitrogen and oxygen atoms in total. The Balaban J connectivity index is 0.000000150. The Labute approximate surface area is 297 Å².